The molecule has 1 N–H and O–H groups in total. The molecule has 0 aromatic carbocycles. The second kappa shape index (κ2) is 6.22. The number of thiophene rings is 1. The Hall–Kier alpha value is -1.95. The van der Waals surface area contributed by atoms with Gasteiger partial charge >= 0.3 is 0 Å². The molecular weight excluding hydrogens is 284 g/mol. The summed E-state index contributed by atoms with van der Waals surface area (Å²) in [6.07, 6.45) is 7.05. The number of carbonyl (C=O) groups excluding carboxylic acids is 1. The molecule has 1 aliphatic heterocycles. The lowest BCUT2D eigenvalue weighted by molar-refractivity contribution is 0.0935. The van der Waals surface area contributed by atoms with E-state index in [4.69, 9.17) is 0 Å². The van der Waals surface area contributed by atoms with Crippen LogP contribution in [0.3, 0.4) is 0 Å². The number of piperidine rings is 1. The molecule has 0 bridgehead atoms. The summed E-state index contributed by atoms with van der Waals surface area (Å²) in [4.78, 5) is 24.7. The Morgan fingerprint density at radius 3 is 2.76 bits per heavy atom. The topological polar surface area (TPSA) is 58.1 Å². The van der Waals surface area contributed by atoms with Crippen LogP contribution < -0.4 is 10.2 Å². The predicted molar refractivity (Wildman–Crippen MR) is 83.8 cm³/mol. The van der Waals surface area contributed by atoms with Crippen molar-refractivity contribution in [3.05, 3.63) is 40.5 Å². The molecule has 0 spiro atoms. The van der Waals surface area contributed by atoms with Crippen molar-refractivity contribution in [3.8, 4) is 0 Å². The molecule has 0 radical (unpaired) electrons. The van der Waals surface area contributed by atoms with Crippen molar-refractivity contribution in [3.63, 3.8) is 0 Å². The molecule has 1 amide bonds. The van der Waals surface area contributed by atoms with Gasteiger partial charge in [-0.25, -0.2) is 4.98 Å². The monoisotopic (exact) mass is 302 g/mol. The Labute approximate surface area is 128 Å². The van der Waals surface area contributed by atoms with E-state index in [0.717, 1.165) is 41.5 Å². The van der Waals surface area contributed by atoms with Crippen LogP contribution in [0.2, 0.25) is 0 Å². The standard InChI is InChI=1S/C15H18N4OS/c1-11-2-3-13(21-11)15(20)18-12-4-8-19(9-5-12)14-10-16-6-7-17-14/h2-3,6-7,10,12H,4-5,8-9H2,1H3,(H,18,20). The van der Waals surface area contributed by atoms with E-state index in [9.17, 15) is 4.79 Å². The molecule has 2 aromatic heterocycles. The third kappa shape index (κ3) is 3.39. The summed E-state index contributed by atoms with van der Waals surface area (Å²) >= 11 is 1.54. The number of amides is 1. The summed E-state index contributed by atoms with van der Waals surface area (Å²) in [6.45, 7) is 3.81. The number of anilines is 1. The fourth-order valence-corrected chi connectivity index (χ4v) is 3.29. The first-order valence-electron chi connectivity index (χ1n) is 7.10. The van der Waals surface area contributed by atoms with E-state index in [-0.39, 0.29) is 11.9 Å². The van der Waals surface area contributed by atoms with Crippen LogP contribution in [0.1, 0.15) is 27.4 Å². The summed E-state index contributed by atoms with van der Waals surface area (Å²) in [5.74, 6) is 0.960. The number of aromatic nitrogens is 2. The van der Waals surface area contributed by atoms with E-state index in [1.54, 1.807) is 29.9 Å². The maximum Gasteiger partial charge on any atom is 0.261 e. The van der Waals surface area contributed by atoms with Crippen LogP contribution in [-0.2, 0) is 0 Å². The summed E-state index contributed by atoms with van der Waals surface area (Å²) < 4.78 is 0. The molecular formula is C15H18N4OS. The van der Waals surface area contributed by atoms with Gasteiger partial charge in [0.05, 0.1) is 11.1 Å². The van der Waals surface area contributed by atoms with Crippen molar-refractivity contribution >= 4 is 23.1 Å². The summed E-state index contributed by atoms with van der Waals surface area (Å²) in [5, 5.41) is 3.13. The van der Waals surface area contributed by atoms with Gasteiger partial charge in [-0.15, -0.1) is 11.3 Å². The van der Waals surface area contributed by atoms with E-state index in [1.807, 2.05) is 19.1 Å². The summed E-state index contributed by atoms with van der Waals surface area (Å²) in [5.41, 5.74) is 0. The van der Waals surface area contributed by atoms with Gasteiger partial charge in [0.25, 0.3) is 5.91 Å². The molecule has 0 saturated carbocycles. The van der Waals surface area contributed by atoms with Crippen LogP contribution in [0.25, 0.3) is 0 Å². The zero-order valence-electron chi connectivity index (χ0n) is 12.0. The average Bonchev–Trinajstić information content (AvgIpc) is 2.96. The van der Waals surface area contributed by atoms with Crippen molar-refractivity contribution in [2.45, 2.75) is 25.8 Å². The van der Waals surface area contributed by atoms with E-state index in [0.29, 0.717) is 0 Å². The van der Waals surface area contributed by atoms with Gasteiger partial charge in [0.1, 0.15) is 5.82 Å². The number of rotatable bonds is 3. The maximum atomic E-state index is 12.1. The fraction of sp³-hybridized carbons (Fsp3) is 0.400. The highest BCUT2D eigenvalue weighted by atomic mass is 32.1. The largest absolute Gasteiger partial charge is 0.355 e. The lowest BCUT2D eigenvalue weighted by atomic mass is 10.1. The first kappa shape index (κ1) is 14.0. The number of carbonyl (C=O) groups is 1. The molecule has 0 aliphatic carbocycles. The Bertz CT molecular complexity index is 605. The Kier molecular flexibility index (Phi) is 4.15. The van der Waals surface area contributed by atoms with Gasteiger partial charge in [0.15, 0.2) is 0 Å². The van der Waals surface area contributed by atoms with Gasteiger partial charge in [-0.05, 0) is 31.9 Å². The molecule has 1 saturated heterocycles. The van der Waals surface area contributed by atoms with Crippen molar-refractivity contribution in [1.29, 1.82) is 0 Å². The maximum absolute atomic E-state index is 12.1. The number of aryl methyl sites for hydroxylation is 1. The smallest absolute Gasteiger partial charge is 0.261 e. The van der Waals surface area contributed by atoms with E-state index < -0.39 is 0 Å². The van der Waals surface area contributed by atoms with Crippen LogP contribution >= 0.6 is 11.3 Å². The summed E-state index contributed by atoms with van der Waals surface area (Å²) in [6, 6.07) is 4.12. The molecule has 110 valence electrons. The molecule has 0 unspecified atom stereocenters. The lowest BCUT2D eigenvalue weighted by Crippen LogP contribution is -2.44. The first-order chi connectivity index (χ1) is 10.2. The molecule has 21 heavy (non-hydrogen) atoms. The zero-order valence-corrected chi connectivity index (χ0v) is 12.8. The molecule has 3 heterocycles. The van der Waals surface area contributed by atoms with Gasteiger partial charge in [-0.1, -0.05) is 0 Å². The SMILES string of the molecule is Cc1ccc(C(=O)NC2CCN(c3cnccn3)CC2)s1. The average molecular weight is 302 g/mol. The van der Waals surface area contributed by atoms with Crippen molar-refractivity contribution < 1.29 is 4.79 Å². The van der Waals surface area contributed by atoms with E-state index in [1.165, 1.54) is 0 Å². The molecule has 6 heteroatoms. The van der Waals surface area contributed by atoms with E-state index in [2.05, 4.69) is 20.2 Å². The molecule has 2 aromatic rings. The molecule has 1 aliphatic rings. The molecule has 3 rings (SSSR count). The second-order valence-corrected chi connectivity index (χ2v) is 6.50. The minimum atomic E-state index is 0.0473. The van der Waals surface area contributed by atoms with Crippen LogP contribution in [0.5, 0.6) is 0 Å². The van der Waals surface area contributed by atoms with Crippen molar-refractivity contribution in [1.82, 2.24) is 15.3 Å². The van der Waals surface area contributed by atoms with Crippen LogP contribution in [0.4, 0.5) is 5.82 Å². The Morgan fingerprint density at radius 2 is 2.14 bits per heavy atom. The first-order valence-corrected chi connectivity index (χ1v) is 7.92. The molecule has 5 nitrogen and oxygen atoms in total. The van der Waals surface area contributed by atoms with Gasteiger partial charge in [0, 0.05) is 36.4 Å². The predicted octanol–water partition coefficient (Wildman–Crippen LogP) is 2.25. The van der Waals surface area contributed by atoms with Crippen LogP contribution in [-0.4, -0.2) is 35.0 Å². The minimum absolute atomic E-state index is 0.0473. The highest BCUT2D eigenvalue weighted by Crippen LogP contribution is 2.18. The van der Waals surface area contributed by atoms with Crippen LogP contribution in [0, 0.1) is 6.92 Å². The third-order valence-corrected chi connectivity index (χ3v) is 4.67. The number of hydrogen-bond donors (Lipinski definition) is 1. The molecule has 1 fully saturated rings. The van der Waals surface area contributed by atoms with Gasteiger partial charge < -0.3 is 10.2 Å². The normalized spacial score (nSPS) is 16.0. The second-order valence-electron chi connectivity index (χ2n) is 5.21. The zero-order chi connectivity index (χ0) is 14.7. The Balaban J connectivity index is 1.53. The number of nitrogens with zero attached hydrogens (tertiary/aromatic N) is 3. The number of hydrogen-bond acceptors (Lipinski definition) is 5. The highest BCUT2D eigenvalue weighted by molar-refractivity contribution is 7.13. The lowest BCUT2D eigenvalue weighted by Gasteiger charge is -2.32. The van der Waals surface area contributed by atoms with Gasteiger partial charge in [-0.2, -0.15) is 0 Å². The van der Waals surface area contributed by atoms with Crippen LogP contribution in [0.15, 0.2) is 30.7 Å². The summed E-state index contributed by atoms with van der Waals surface area (Å²) in [7, 11) is 0. The van der Waals surface area contributed by atoms with Crippen molar-refractivity contribution in [2.24, 2.45) is 0 Å². The quantitative estimate of drug-likeness (QED) is 0.945. The fourth-order valence-electron chi connectivity index (χ4n) is 2.52. The highest BCUT2D eigenvalue weighted by Gasteiger charge is 2.22. The number of nitrogens with one attached hydrogen (secondary N) is 1. The van der Waals surface area contributed by atoms with E-state index >= 15 is 0 Å². The molecule has 0 atom stereocenters. The Morgan fingerprint density at radius 1 is 1.33 bits per heavy atom. The minimum Gasteiger partial charge on any atom is -0.355 e. The van der Waals surface area contributed by atoms with Crippen molar-refractivity contribution in [2.75, 3.05) is 18.0 Å². The third-order valence-electron chi connectivity index (χ3n) is 3.67. The van der Waals surface area contributed by atoms with Gasteiger partial charge in [-0.3, -0.25) is 9.78 Å². The van der Waals surface area contributed by atoms with Gasteiger partial charge in [0.2, 0.25) is 0 Å².